The van der Waals surface area contributed by atoms with Crippen molar-refractivity contribution in [3.8, 4) is 11.8 Å². The second kappa shape index (κ2) is 8.39. The van der Waals surface area contributed by atoms with Crippen molar-refractivity contribution < 1.29 is 9.90 Å². The van der Waals surface area contributed by atoms with E-state index in [9.17, 15) is 4.79 Å². The molecule has 1 N–H and O–H groups in total. The van der Waals surface area contributed by atoms with E-state index >= 15 is 0 Å². The van der Waals surface area contributed by atoms with E-state index in [0.717, 1.165) is 36.9 Å². The second-order valence-corrected chi connectivity index (χ2v) is 4.92. The number of hydrogen-bond donors (Lipinski definition) is 1. The third-order valence-corrected chi connectivity index (χ3v) is 3.22. The van der Waals surface area contributed by atoms with Crippen molar-refractivity contribution in [3.63, 3.8) is 0 Å². The molecule has 0 bridgehead atoms. The highest BCUT2D eigenvalue weighted by Crippen LogP contribution is 2.12. The molecule has 3 heteroatoms. The SMILES string of the molecule is CCCCCN(C)C(=O)c1ccc(C#CCO)c(C)c1. The molecule has 0 aromatic heterocycles. The third-order valence-electron chi connectivity index (χ3n) is 3.22. The molecule has 0 atom stereocenters. The third kappa shape index (κ3) is 4.71. The Balaban J connectivity index is 2.76. The van der Waals surface area contributed by atoms with Crippen molar-refractivity contribution in [2.45, 2.75) is 33.1 Å². The molecule has 20 heavy (non-hydrogen) atoms. The predicted octanol–water partition coefficient (Wildman–Crippen LogP) is 2.60. The molecule has 0 fully saturated rings. The number of hydrogen-bond acceptors (Lipinski definition) is 2. The number of carbonyl (C=O) groups is 1. The summed E-state index contributed by atoms with van der Waals surface area (Å²) in [4.78, 5) is 14.0. The standard InChI is InChI=1S/C17H23NO2/c1-4-5-6-11-18(3)17(20)16-10-9-15(8-7-12-19)14(2)13-16/h9-10,13,19H,4-6,11-12H2,1-3H3. The van der Waals surface area contributed by atoms with Crippen LogP contribution in [-0.4, -0.2) is 36.1 Å². The summed E-state index contributed by atoms with van der Waals surface area (Å²) in [6.07, 6.45) is 3.34. The number of nitrogens with zero attached hydrogens (tertiary/aromatic N) is 1. The van der Waals surface area contributed by atoms with Crippen LogP contribution in [-0.2, 0) is 0 Å². The molecule has 0 spiro atoms. The maximum Gasteiger partial charge on any atom is 0.253 e. The van der Waals surface area contributed by atoms with Crippen LogP contribution in [0.2, 0.25) is 0 Å². The monoisotopic (exact) mass is 273 g/mol. The van der Waals surface area contributed by atoms with E-state index in [2.05, 4.69) is 18.8 Å². The summed E-state index contributed by atoms with van der Waals surface area (Å²) >= 11 is 0. The number of rotatable bonds is 5. The molecule has 1 amide bonds. The van der Waals surface area contributed by atoms with Crippen LogP contribution in [0.4, 0.5) is 0 Å². The van der Waals surface area contributed by atoms with Gasteiger partial charge in [-0.2, -0.15) is 0 Å². The fraction of sp³-hybridized carbons (Fsp3) is 0.471. The minimum absolute atomic E-state index is 0.0471. The average molecular weight is 273 g/mol. The zero-order chi connectivity index (χ0) is 15.0. The molecule has 0 unspecified atom stereocenters. The molecular weight excluding hydrogens is 250 g/mol. The number of aliphatic hydroxyl groups excluding tert-OH is 1. The van der Waals surface area contributed by atoms with Gasteiger partial charge in [0.2, 0.25) is 0 Å². The first-order valence-corrected chi connectivity index (χ1v) is 7.06. The van der Waals surface area contributed by atoms with Crippen LogP contribution < -0.4 is 0 Å². The Morgan fingerprint density at radius 3 is 2.70 bits per heavy atom. The maximum atomic E-state index is 12.3. The van der Waals surface area contributed by atoms with Crippen molar-refractivity contribution in [1.82, 2.24) is 4.90 Å². The Kier molecular flexibility index (Phi) is 6.83. The molecule has 1 aromatic carbocycles. The van der Waals surface area contributed by atoms with Crippen molar-refractivity contribution >= 4 is 5.91 Å². The van der Waals surface area contributed by atoms with Crippen molar-refractivity contribution in [2.24, 2.45) is 0 Å². The van der Waals surface area contributed by atoms with E-state index in [-0.39, 0.29) is 12.5 Å². The molecule has 108 valence electrons. The summed E-state index contributed by atoms with van der Waals surface area (Å²) in [7, 11) is 1.84. The van der Waals surface area contributed by atoms with Gasteiger partial charge in [-0.25, -0.2) is 0 Å². The molecule has 0 aliphatic heterocycles. The number of unbranched alkanes of at least 4 members (excludes halogenated alkanes) is 2. The van der Waals surface area contributed by atoms with Gasteiger partial charge in [0.15, 0.2) is 0 Å². The zero-order valence-corrected chi connectivity index (χ0v) is 12.6. The fourth-order valence-electron chi connectivity index (χ4n) is 1.99. The van der Waals surface area contributed by atoms with Gasteiger partial charge in [0, 0.05) is 24.7 Å². The van der Waals surface area contributed by atoms with Crippen LogP contribution in [0.1, 0.15) is 47.7 Å². The van der Waals surface area contributed by atoms with Gasteiger partial charge in [0.1, 0.15) is 6.61 Å². The van der Waals surface area contributed by atoms with Crippen LogP contribution in [0, 0.1) is 18.8 Å². The molecule has 0 saturated heterocycles. The van der Waals surface area contributed by atoms with Crippen molar-refractivity contribution in [2.75, 3.05) is 20.2 Å². The number of aliphatic hydroxyl groups is 1. The summed E-state index contributed by atoms with van der Waals surface area (Å²) in [5.41, 5.74) is 2.50. The Hall–Kier alpha value is -1.79. The maximum absolute atomic E-state index is 12.3. The summed E-state index contributed by atoms with van der Waals surface area (Å²) in [5.74, 6) is 5.54. The Labute approximate surface area is 121 Å². The van der Waals surface area contributed by atoms with Gasteiger partial charge in [-0.15, -0.1) is 0 Å². The first-order valence-electron chi connectivity index (χ1n) is 7.06. The van der Waals surface area contributed by atoms with E-state index in [1.54, 1.807) is 11.0 Å². The number of carbonyl (C=O) groups excluding carboxylic acids is 1. The summed E-state index contributed by atoms with van der Waals surface area (Å²) in [5, 5.41) is 8.70. The van der Waals surface area contributed by atoms with Crippen LogP contribution in [0.3, 0.4) is 0 Å². The van der Waals surface area contributed by atoms with Crippen LogP contribution >= 0.6 is 0 Å². The average Bonchev–Trinajstić information content (AvgIpc) is 2.45. The Bertz CT molecular complexity index is 511. The smallest absolute Gasteiger partial charge is 0.253 e. The molecule has 1 aromatic rings. The van der Waals surface area contributed by atoms with Crippen molar-refractivity contribution in [1.29, 1.82) is 0 Å². The van der Waals surface area contributed by atoms with Gasteiger partial charge in [0.05, 0.1) is 0 Å². The molecule has 0 heterocycles. The van der Waals surface area contributed by atoms with Crippen molar-refractivity contribution in [3.05, 3.63) is 34.9 Å². The lowest BCUT2D eigenvalue weighted by Crippen LogP contribution is -2.27. The van der Waals surface area contributed by atoms with Gasteiger partial charge >= 0.3 is 0 Å². The molecular formula is C17H23NO2. The molecule has 0 aliphatic rings. The summed E-state index contributed by atoms with van der Waals surface area (Å²) < 4.78 is 0. The van der Waals surface area contributed by atoms with E-state index in [1.807, 2.05) is 26.1 Å². The fourth-order valence-corrected chi connectivity index (χ4v) is 1.99. The topological polar surface area (TPSA) is 40.5 Å². The van der Waals surface area contributed by atoms with E-state index in [4.69, 9.17) is 5.11 Å². The molecule has 3 nitrogen and oxygen atoms in total. The van der Waals surface area contributed by atoms with E-state index < -0.39 is 0 Å². The molecule has 0 saturated carbocycles. The Morgan fingerprint density at radius 2 is 2.10 bits per heavy atom. The summed E-state index contributed by atoms with van der Waals surface area (Å²) in [6.45, 7) is 4.71. The quantitative estimate of drug-likeness (QED) is 0.662. The predicted molar refractivity (Wildman–Crippen MR) is 81.6 cm³/mol. The second-order valence-electron chi connectivity index (χ2n) is 4.92. The first kappa shape index (κ1) is 16.3. The highest BCUT2D eigenvalue weighted by molar-refractivity contribution is 5.94. The van der Waals surface area contributed by atoms with Crippen LogP contribution in [0.5, 0.6) is 0 Å². The van der Waals surface area contributed by atoms with Gasteiger partial charge in [0.25, 0.3) is 5.91 Å². The summed E-state index contributed by atoms with van der Waals surface area (Å²) in [6, 6.07) is 5.50. The lowest BCUT2D eigenvalue weighted by atomic mass is 10.0. The van der Waals surface area contributed by atoms with Gasteiger partial charge in [-0.05, 0) is 37.1 Å². The minimum Gasteiger partial charge on any atom is -0.384 e. The van der Waals surface area contributed by atoms with E-state index in [0.29, 0.717) is 5.56 Å². The van der Waals surface area contributed by atoms with Crippen LogP contribution in [0.25, 0.3) is 0 Å². The van der Waals surface area contributed by atoms with Crippen LogP contribution in [0.15, 0.2) is 18.2 Å². The minimum atomic E-state index is -0.152. The normalized spacial score (nSPS) is 9.80. The number of amides is 1. The lowest BCUT2D eigenvalue weighted by Gasteiger charge is -2.17. The van der Waals surface area contributed by atoms with Gasteiger partial charge in [-0.1, -0.05) is 31.6 Å². The molecule has 0 radical (unpaired) electrons. The van der Waals surface area contributed by atoms with E-state index in [1.165, 1.54) is 0 Å². The Morgan fingerprint density at radius 1 is 1.35 bits per heavy atom. The highest BCUT2D eigenvalue weighted by Gasteiger charge is 2.11. The largest absolute Gasteiger partial charge is 0.384 e. The first-order chi connectivity index (χ1) is 9.60. The number of aryl methyl sites for hydroxylation is 1. The van der Waals surface area contributed by atoms with Gasteiger partial charge < -0.3 is 10.0 Å². The molecule has 1 rings (SSSR count). The zero-order valence-electron chi connectivity index (χ0n) is 12.6. The highest BCUT2D eigenvalue weighted by atomic mass is 16.2. The van der Waals surface area contributed by atoms with Gasteiger partial charge in [-0.3, -0.25) is 4.79 Å². The lowest BCUT2D eigenvalue weighted by molar-refractivity contribution is 0.0792. The number of benzene rings is 1. The molecule has 0 aliphatic carbocycles.